The highest BCUT2D eigenvalue weighted by atomic mass is 16.7. The Bertz CT molecular complexity index is 1050. The number of rotatable bonds is 4. The summed E-state index contributed by atoms with van der Waals surface area (Å²) in [5.74, 6) is 0. The van der Waals surface area contributed by atoms with Gasteiger partial charge >= 0.3 is 0 Å². The number of para-hydroxylation sites is 1. The lowest BCUT2D eigenvalue weighted by Crippen LogP contribution is -2.57. The summed E-state index contributed by atoms with van der Waals surface area (Å²) >= 11 is 0. The molecule has 2 saturated heterocycles. The maximum absolute atomic E-state index is 6.99. The van der Waals surface area contributed by atoms with E-state index in [4.69, 9.17) is 14.4 Å². The average Bonchev–Trinajstić information content (AvgIpc) is 3.48. The molecule has 0 N–H and O–H groups in total. The highest BCUT2D eigenvalue weighted by Gasteiger charge is 2.61. The number of morpholine rings is 1. The molecule has 6 nitrogen and oxygen atoms in total. The molecule has 3 aromatic carbocycles. The summed E-state index contributed by atoms with van der Waals surface area (Å²) in [6, 6.07) is 31.1. The molecule has 33 heavy (non-hydrogen) atoms. The largest absolute Gasteiger partial charge is 0.379 e. The first-order valence-corrected chi connectivity index (χ1v) is 11.5. The molecule has 0 amide bonds. The third-order valence-electron chi connectivity index (χ3n) is 6.70. The molecule has 168 valence electrons. The van der Waals surface area contributed by atoms with Gasteiger partial charge in [0.2, 0.25) is 6.23 Å². The van der Waals surface area contributed by atoms with E-state index < -0.39 is 5.60 Å². The van der Waals surface area contributed by atoms with E-state index in [-0.39, 0.29) is 12.3 Å². The molecule has 6 heteroatoms. The lowest BCUT2D eigenvalue weighted by Gasteiger charge is -2.38. The van der Waals surface area contributed by atoms with Crippen molar-refractivity contribution in [3.8, 4) is 0 Å². The van der Waals surface area contributed by atoms with Crippen molar-refractivity contribution in [2.24, 2.45) is 5.16 Å². The van der Waals surface area contributed by atoms with E-state index in [2.05, 4.69) is 63.6 Å². The number of anilines is 1. The summed E-state index contributed by atoms with van der Waals surface area (Å²) in [4.78, 5) is 15.5. The highest BCUT2D eigenvalue weighted by molar-refractivity contribution is 6.08. The Hall–Kier alpha value is -3.19. The molecule has 6 rings (SSSR count). The Morgan fingerprint density at radius 1 is 0.788 bits per heavy atom. The number of oxime groups is 1. The maximum Gasteiger partial charge on any atom is 0.219 e. The van der Waals surface area contributed by atoms with Crippen molar-refractivity contribution >= 4 is 11.4 Å². The maximum atomic E-state index is 6.99. The van der Waals surface area contributed by atoms with Gasteiger partial charge < -0.3 is 9.57 Å². The van der Waals surface area contributed by atoms with E-state index in [1.807, 2.05) is 42.5 Å². The topological polar surface area (TPSA) is 46.5 Å². The van der Waals surface area contributed by atoms with Crippen molar-refractivity contribution in [2.75, 3.05) is 31.4 Å². The van der Waals surface area contributed by atoms with Gasteiger partial charge in [0.15, 0.2) is 5.60 Å². The standard InChI is InChI=1S/C27H27N3O3/c1-4-10-21(11-5-1)24-20-27(33-30(24)23-14-8-3-9-15-23)25(22-12-6-2-7-13-22)28-32-26(27)29-16-18-31-19-17-29/h1-15,24,26H,16-20H2/t24-,26+,27+/m1/s1. The molecule has 0 unspecified atom stereocenters. The van der Waals surface area contributed by atoms with Crippen LogP contribution < -0.4 is 5.06 Å². The molecule has 3 aromatic rings. The van der Waals surface area contributed by atoms with Crippen molar-refractivity contribution in [3.63, 3.8) is 0 Å². The number of ether oxygens (including phenoxy) is 1. The molecule has 3 atom stereocenters. The Balaban J connectivity index is 1.46. The van der Waals surface area contributed by atoms with E-state index in [1.165, 1.54) is 5.56 Å². The zero-order chi connectivity index (χ0) is 22.1. The van der Waals surface area contributed by atoms with Crippen molar-refractivity contribution in [1.82, 2.24) is 4.90 Å². The van der Waals surface area contributed by atoms with Gasteiger partial charge in [0.05, 0.1) is 24.9 Å². The number of hydrogen-bond acceptors (Lipinski definition) is 6. The minimum absolute atomic E-state index is 0.0211. The second-order valence-corrected chi connectivity index (χ2v) is 8.68. The van der Waals surface area contributed by atoms with Gasteiger partial charge in [-0.3, -0.25) is 9.74 Å². The minimum Gasteiger partial charge on any atom is -0.379 e. The van der Waals surface area contributed by atoms with Crippen LogP contribution in [0.5, 0.6) is 0 Å². The molecule has 3 aliphatic rings. The fourth-order valence-electron chi connectivity index (χ4n) is 5.12. The van der Waals surface area contributed by atoms with Crippen molar-refractivity contribution in [2.45, 2.75) is 24.3 Å². The smallest absolute Gasteiger partial charge is 0.219 e. The van der Waals surface area contributed by atoms with Crippen molar-refractivity contribution < 1.29 is 14.4 Å². The van der Waals surface area contributed by atoms with Gasteiger partial charge in [-0.15, -0.1) is 0 Å². The molecule has 2 fully saturated rings. The van der Waals surface area contributed by atoms with Crippen LogP contribution in [0, 0.1) is 0 Å². The molecule has 0 aliphatic carbocycles. The monoisotopic (exact) mass is 441 g/mol. The van der Waals surface area contributed by atoms with Crippen LogP contribution in [-0.2, 0) is 14.4 Å². The molecule has 0 aromatic heterocycles. The molecule has 0 radical (unpaired) electrons. The summed E-state index contributed by atoms with van der Waals surface area (Å²) in [5.41, 5.74) is 3.35. The number of hydrogen-bond donors (Lipinski definition) is 0. The van der Waals surface area contributed by atoms with Crippen LogP contribution in [0.2, 0.25) is 0 Å². The number of benzene rings is 3. The Morgan fingerprint density at radius 2 is 1.42 bits per heavy atom. The first-order valence-electron chi connectivity index (χ1n) is 11.5. The van der Waals surface area contributed by atoms with Crippen LogP contribution in [0.15, 0.2) is 96.2 Å². The molecule has 3 heterocycles. The number of nitrogens with zero attached hydrogens (tertiary/aromatic N) is 3. The molecular formula is C27H27N3O3. The predicted octanol–water partition coefficient (Wildman–Crippen LogP) is 4.40. The van der Waals surface area contributed by atoms with Crippen LogP contribution in [0.25, 0.3) is 0 Å². The normalized spacial score (nSPS) is 27.5. The molecule has 1 spiro atoms. The number of hydroxylamine groups is 1. The van der Waals surface area contributed by atoms with Crippen LogP contribution in [0.1, 0.15) is 23.6 Å². The van der Waals surface area contributed by atoms with Crippen LogP contribution in [0.4, 0.5) is 5.69 Å². The van der Waals surface area contributed by atoms with E-state index in [0.717, 1.165) is 36.5 Å². The first-order chi connectivity index (χ1) is 16.4. The lowest BCUT2D eigenvalue weighted by molar-refractivity contribution is -0.156. The average molecular weight is 442 g/mol. The SMILES string of the molecule is c1ccc(C2=NO[C@H](N3CCOCC3)[C@]23C[C@H](c2ccccc2)N(c2ccccc2)O3)cc1. The van der Waals surface area contributed by atoms with Gasteiger partial charge in [-0.1, -0.05) is 84.0 Å². The summed E-state index contributed by atoms with van der Waals surface area (Å²) in [5, 5.41) is 6.69. The van der Waals surface area contributed by atoms with Gasteiger partial charge in [0, 0.05) is 25.1 Å². The van der Waals surface area contributed by atoms with Crippen LogP contribution in [0.3, 0.4) is 0 Å². The van der Waals surface area contributed by atoms with Gasteiger partial charge in [0.1, 0.15) is 5.71 Å². The fourth-order valence-corrected chi connectivity index (χ4v) is 5.12. The molecule has 0 bridgehead atoms. The van der Waals surface area contributed by atoms with Gasteiger partial charge in [-0.25, -0.2) is 5.06 Å². The minimum atomic E-state index is -0.741. The van der Waals surface area contributed by atoms with E-state index in [0.29, 0.717) is 13.2 Å². The predicted molar refractivity (Wildman–Crippen MR) is 127 cm³/mol. The van der Waals surface area contributed by atoms with Gasteiger partial charge in [-0.05, 0) is 17.7 Å². The lowest BCUT2D eigenvalue weighted by atomic mass is 9.83. The van der Waals surface area contributed by atoms with Crippen LogP contribution >= 0.6 is 0 Å². The van der Waals surface area contributed by atoms with Crippen molar-refractivity contribution in [3.05, 3.63) is 102 Å². The van der Waals surface area contributed by atoms with E-state index in [9.17, 15) is 0 Å². The first kappa shape index (κ1) is 20.4. The molecule has 0 saturated carbocycles. The summed E-state index contributed by atoms with van der Waals surface area (Å²) in [7, 11) is 0. The van der Waals surface area contributed by atoms with Gasteiger partial charge in [-0.2, -0.15) is 0 Å². The van der Waals surface area contributed by atoms with E-state index >= 15 is 0 Å². The highest BCUT2D eigenvalue weighted by Crippen LogP contribution is 2.49. The Kier molecular flexibility index (Phi) is 5.34. The third kappa shape index (κ3) is 3.60. The molecular weight excluding hydrogens is 414 g/mol. The summed E-state index contributed by atoms with van der Waals surface area (Å²) < 4.78 is 5.62. The Morgan fingerprint density at radius 3 is 2.12 bits per heavy atom. The van der Waals surface area contributed by atoms with Crippen molar-refractivity contribution in [1.29, 1.82) is 0 Å². The Labute approximate surface area is 193 Å². The van der Waals surface area contributed by atoms with E-state index in [1.54, 1.807) is 0 Å². The van der Waals surface area contributed by atoms with Gasteiger partial charge in [0.25, 0.3) is 0 Å². The zero-order valence-electron chi connectivity index (χ0n) is 18.4. The second-order valence-electron chi connectivity index (χ2n) is 8.68. The summed E-state index contributed by atoms with van der Waals surface area (Å²) in [6.45, 7) is 2.94. The second kappa shape index (κ2) is 8.63. The summed E-state index contributed by atoms with van der Waals surface area (Å²) in [6.07, 6.45) is 0.401. The quantitative estimate of drug-likeness (QED) is 0.601. The molecule has 3 aliphatic heterocycles. The fraction of sp³-hybridized carbons (Fsp3) is 0.296. The van der Waals surface area contributed by atoms with Crippen LogP contribution in [-0.4, -0.2) is 48.7 Å². The third-order valence-corrected chi connectivity index (χ3v) is 6.70. The zero-order valence-corrected chi connectivity index (χ0v) is 18.4.